The molecule has 13 heteroatoms. The van der Waals surface area contributed by atoms with Crippen molar-refractivity contribution in [1.29, 1.82) is 0 Å². The summed E-state index contributed by atoms with van der Waals surface area (Å²) < 4.78 is 16.0. The van der Waals surface area contributed by atoms with E-state index >= 15 is 0 Å². The lowest BCUT2D eigenvalue weighted by Crippen LogP contribution is -2.56. The van der Waals surface area contributed by atoms with Crippen LogP contribution in [0.4, 0.5) is 9.59 Å². The summed E-state index contributed by atoms with van der Waals surface area (Å²) in [5, 5.41) is 2.10. The lowest BCUT2D eigenvalue weighted by Gasteiger charge is -2.29. The van der Waals surface area contributed by atoms with E-state index in [0.29, 0.717) is 32.4 Å². The number of imide groups is 4. The molecular weight excluding hydrogens is 656 g/mol. The molecule has 0 heterocycles. The molecule has 296 valence electrons. The fourth-order valence-electron chi connectivity index (χ4n) is 5.02. The van der Waals surface area contributed by atoms with Gasteiger partial charge in [0.25, 0.3) is 0 Å². The molecule has 0 rings (SSSR count). The number of amides is 5. The van der Waals surface area contributed by atoms with Gasteiger partial charge in [-0.1, -0.05) is 90.4 Å². The fraction of sp³-hybridized carbons (Fsp3) is 0.842. The van der Waals surface area contributed by atoms with Gasteiger partial charge in [-0.25, -0.2) is 9.59 Å². The van der Waals surface area contributed by atoms with E-state index in [4.69, 9.17) is 25.7 Å². The molecule has 0 aliphatic heterocycles. The number of carbonyl (C=O) groups is 6. The van der Waals surface area contributed by atoms with Crippen molar-refractivity contribution in [1.82, 2.24) is 10.2 Å². The molecule has 0 aromatic rings. The Kier molecular flexibility index (Phi) is 26.8. The molecule has 0 aromatic carbocycles. The molecule has 0 saturated heterocycles. The number of nitrogens with one attached hydrogen (secondary N) is 1. The first-order chi connectivity index (χ1) is 24.2. The number of carbonyl (C=O) groups excluding carboxylic acids is 6. The molecule has 5 N–H and O–H groups in total. The Bertz CT molecular complexity index is 1030. The molecule has 0 aliphatic carbocycles. The summed E-state index contributed by atoms with van der Waals surface area (Å²) in [6.07, 6.45) is 16.3. The van der Waals surface area contributed by atoms with Gasteiger partial charge in [-0.05, 0) is 72.9 Å². The predicted octanol–water partition coefficient (Wildman–Crippen LogP) is 7.07. The molecule has 51 heavy (non-hydrogen) atoms. The van der Waals surface area contributed by atoms with Crippen LogP contribution >= 0.6 is 0 Å². The highest BCUT2D eigenvalue weighted by molar-refractivity contribution is 6.13. The van der Waals surface area contributed by atoms with E-state index < -0.39 is 53.3 Å². The Hall–Kier alpha value is -3.06. The first-order valence-electron chi connectivity index (χ1n) is 19.3. The standard InChI is InChI=1S/C38H70N4O9/c1-6-7-8-9-10-11-12-13-18-23-28-49-36(48)42(34(46)38(4,5)30-51-32(44)25-20-15-17-22-27-40)35(47)41-33(45)37(2,3)29-50-31(43)24-19-14-16-21-26-39/h6-30,39-40H2,1-5H3,(H,41,45,47). The number of nitrogens with two attached hydrogens (primary N) is 2. The molecule has 0 fully saturated rings. The number of unbranched alkanes of at least 4 members (excludes halogenated alkanes) is 15. The summed E-state index contributed by atoms with van der Waals surface area (Å²) in [7, 11) is 0. The van der Waals surface area contributed by atoms with E-state index in [0.717, 1.165) is 64.2 Å². The lowest BCUT2D eigenvalue weighted by molar-refractivity contribution is -0.151. The van der Waals surface area contributed by atoms with E-state index in [9.17, 15) is 28.8 Å². The van der Waals surface area contributed by atoms with Crippen LogP contribution in [-0.4, -0.2) is 73.7 Å². The molecule has 0 aromatic heterocycles. The minimum atomic E-state index is -1.51. The maximum absolute atomic E-state index is 13.7. The quantitative estimate of drug-likeness (QED) is 0.0405. The lowest BCUT2D eigenvalue weighted by atomic mass is 9.92. The summed E-state index contributed by atoms with van der Waals surface area (Å²) in [6, 6.07) is -1.31. The maximum atomic E-state index is 13.7. The number of nitrogens with zero attached hydrogens (tertiary/aromatic N) is 1. The van der Waals surface area contributed by atoms with Crippen molar-refractivity contribution in [3.05, 3.63) is 0 Å². The molecule has 0 bridgehead atoms. The van der Waals surface area contributed by atoms with Crippen LogP contribution in [0.2, 0.25) is 0 Å². The first-order valence-corrected chi connectivity index (χ1v) is 19.3. The predicted molar refractivity (Wildman–Crippen MR) is 197 cm³/mol. The van der Waals surface area contributed by atoms with Gasteiger partial charge in [0.1, 0.15) is 13.2 Å². The summed E-state index contributed by atoms with van der Waals surface area (Å²) in [6.45, 7) is 8.43. The first kappa shape index (κ1) is 47.9. The van der Waals surface area contributed by atoms with Crippen LogP contribution in [-0.2, 0) is 33.4 Å². The van der Waals surface area contributed by atoms with Crippen molar-refractivity contribution in [3.8, 4) is 0 Å². The van der Waals surface area contributed by atoms with E-state index in [2.05, 4.69) is 12.2 Å². The van der Waals surface area contributed by atoms with Crippen molar-refractivity contribution in [2.24, 2.45) is 22.3 Å². The molecule has 0 saturated carbocycles. The number of hydrogen-bond acceptors (Lipinski definition) is 11. The van der Waals surface area contributed by atoms with Crippen LogP contribution < -0.4 is 16.8 Å². The second-order valence-electron chi connectivity index (χ2n) is 14.7. The van der Waals surface area contributed by atoms with Crippen molar-refractivity contribution in [2.45, 2.75) is 163 Å². The Morgan fingerprint density at radius 2 is 0.961 bits per heavy atom. The third-order valence-electron chi connectivity index (χ3n) is 8.58. The van der Waals surface area contributed by atoms with Crippen molar-refractivity contribution in [2.75, 3.05) is 32.9 Å². The van der Waals surface area contributed by atoms with Crippen LogP contribution in [0.3, 0.4) is 0 Å². The number of esters is 2. The zero-order valence-electron chi connectivity index (χ0n) is 32.5. The van der Waals surface area contributed by atoms with Gasteiger partial charge in [-0.3, -0.25) is 24.5 Å². The van der Waals surface area contributed by atoms with E-state index in [1.54, 1.807) is 0 Å². The molecular formula is C38H70N4O9. The molecule has 0 spiro atoms. The van der Waals surface area contributed by atoms with Crippen molar-refractivity contribution in [3.63, 3.8) is 0 Å². The van der Waals surface area contributed by atoms with Crippen LogP contribution in [0.15, 0.2) is 0 Å². The highest BCUT2D eigenvalue weighted by Crippen LogP contribution is 2.23. The van der Waals surface area contributed by atoms with Gasteiger partial charge in [-0.2, -0.15) is 4.90 Å². The summed E-state index contributed by atoms with van der Waals surface area (Å²) in [5.74, 6) is -2.85. The number of rotatable bonds is 29. The van der Waals surface area contributed by atoms with Gasteiger partial charge in [0.2, 0.25) is 11.8 Å². The number of urea groups is 1. The molecule has 5 amide bonds. The molecule has 0 atom stereocenters. The van der Waals surface area contributed by atoms with Gasteiger partial charge in [0.05, 0.1) is 17.4 Å². The molecule has 0 unspecified atom stereocenters. The van der Waals surface area contributed by atoms with E-state index in [1.807, 2.05) is 0 Å². The zero-order valence-corrected chi connectivity index (χ0v) is 32.5. The minimum Gasteiger partial charge on any atom is -0.465 e. The van der Waals surface area contributed by atoms with E-state index in [1.165, 1.54) is 59.8 Å². The Labute approximate surface area is 307 Å². The highest BCUT2D eigenvalue weighted by atomic mass is 16.6. The second-order valence-corrected chi connectivity index (χ2v) is 14.7. The van der Waals surface area contributed by atoms with Crippen LogP contribution in [0.25, 0.3) is 0 Å². The van der Waals surface area contributed by atoms with Crippen molar-refractivity contribution < 1.29 is 43.0 Å². The fourth-order valence-corrected chi connectivity index (χ4v) is 5.02. The normalized spacial score (nSPS) is 11.5. The van der Waals surface area contributed by atoms with Gasteiger partial charge < -0.3 is 25.7 Å². The molecule has 0 aliphatic rings. The maximum Gasteiger partial charge on any atom is 0.425 e. The average molecular weight is 727 g/mol. The summed E-state index contributed by atoms with van der Waals surface area (Å²) in [5.41, 5.74) is 8.11. The van der Waals surface area contributed by atoms with Gasteiger partial charge >= 0.3 is 24.1 Å². The SMILES string of the molecule is CCCCCCCCCCCCOC(=O)N(C(=O)NC(=O)C(C)(C)COC(=O)CCCCCCN)C(=O)C(C)(C)COC(=O)CCCCCCN. The minimum absolute atomic E-state index is 0.0203. The highest BCUT2D eigenvalue weighted by Gasteiger charge is 2.43. The topological polar surface area (TPSA) is 197 Å². The second kappa shape index (κ2) is 28.5. The molecule has 0 radical (unpaired) electrons. The van der Waals surface area contributed by atoms with Crippen LogP contribution in [0.1, 0.15) is 163 Å². The van der Waals surface area contributed by atoms with Gasteiger partial charge in [-0.15, -0.1) is 0 Å². The third-order valence-corrected chi connectivity index (χ3v) is 8.58. The van der Waals surface area contributed by atoms with Crippen molar-refractivity contribution >= 4 is 35.9 Å². The molecule has 13 nitrogen and oxygen atoms in total. The summed E-state index contributed by atoms with van der Waals surface area (Å²) >= 11 is 0. The van der Waals surface area contributed by atoms with E-state index in [-0.39, 0.29) is 31.0 Å². The summed E-state index contributed by atoms with van der Waals surface area (Å²) in [4.78, 5) is 78.3. The number of hydrogen-bond donors (Lipinski definition) is 3. The Morgan fingerprint density at radius 1 is 0.549 bits per heavy atom. The monoisotopic (exact) mass is 727 g/mol. The zero-order chi connectivity index (χ0) is 38.5. The van der Waals surface area contributed by atoms with Gasteiger partial charge in [0, 0.05) is 12.8 Å². The van der Waals surface area contributed by atoms with Gasteiger partial charge in [0.15, 0.2) is 0 Å². The smallest absolute Gasteiger partial charge is 0.425 e. The Morgan fingerprint density at radius 3 is 1.43 bits per heavy atom. The average Bonchev–Trinajstić information content (AvgIpc) is 3.08. The Balaban J connectivity index is 5.36. The van der Waals surface area contributed by atoms with Crippen LogP contribution in [0.5, 0.6) is 0 Å². The van der Waals surface area contributed by atoms with Crippen LogP contribution in [0, 0.1) is 10.8 Å². The number of ether oxygens (including phenoxy) is 3. The third kappa shape index (κ3) is 23.2. The largest absolute Gasteiger partial charge is 0.465 e.